The third kappa shape index (κ3) is 4.65. The largest absolute Gasteiger partial charge is 0.461 e. The van der Waals surface area contributed by atoms with Crippen molar-refractivity contribution in [2.24, 2.45) is 0 Å². The van der Waals surface area contributed by atoms with Crippen LogP contribution in [0.1, 0.15) is 6.92 Å². The molecule has 1 rings (SSSR count). The molecule has 1 unspecified atom stereocenters. The molecule has 1 atom stereocenters. The quantitative estimate of drug-likeness (QED) is 0.406. The zero-order valence-electron chi connectivity index (χ0n) is 8.68. The number of benzene rings is 1. The van der Waals surface area contributed by atoms with Gasteiger partial charge in [0.2, 0.25) is 0 Å². The summed E-state index contributed by atoms with van der Waals surface area (Å²) >= 11 is 6.23. The maximum absolute atomic E-state index is 13.4. The number of ether oxygens (including phenoxy) is 2. The van der Waals surface area contributed by atoms with Crippen molar-refractivity contribution < 1.29 is 18.7 Å². The van der Waals surface area contributed by atoms with E-state index in [-0.39, 0.29) is 6.61 Å². The first-order valence-corrected chi connectivity index (χ1v) is 7.81. The second-order valence-electron chi connectivity index (χ2n) is 2.88. The van der Waals surface area contributed by atoms with E-state index in [0.717, 1.165) is 10.7 Å². The highest BCUT2D eigenvalue weighted by Crippen LogP contribution is 2.30. The molecule has 0 heterocycles. The number of hydrogen-bond acceptors (Lipinski definition) is 3. The lowest BCUT2D eigenvalue weighted by Gasteiger charge is -2.13. The zero-order valence-corrected chi connectivity index (χ0v) is 15.1. The molecule has 1 aromatic carbocycles. The first-order valence-electron chi connectivity index (χ1n) is 4.57. The fourth-order valence-corrected chi connectivity index (χ4v) is 4.84. The van der Waals surface area contributed by atoms with Crippen LogP contribution in [-0.2, 0) is 9.53 Å². The highest BCUT2D eigenvalue weighted by atomic mass is 127. The molecule has 17 heavy (non-hydrogen) atoms. The van der Waals surface area contributed by atoms with Crippen LogP contribution >= 0.6 is 67.8 Å². The summed E-state index contributed by atoms with van der Waals surface area (Å²) in [5, 5.41) is 0. The highest BCUT2D eigenvalue weighted by molar-refractivity contribution is 14.1. The summed E-state index contributed by atoms with van der Waals surface area (Å²) < 4.78 is 25.5. The molecule has 0 aliphatic rings. The first kappa shape index (κ1) is 15.7. The fourth-order valence-electron chi connectivity index (χ4n) is 1.00. The minimum atomic E-state index is -2.09. The van der Waals surface area contributed by atoms with E-state index in [1.807, 2.05) is 57.3 Å². The van der Waals surface area contributed by atoms with Crippen molar-refractivity contribution in [3.8, 4) is 5.75 Å². The molecule has 0 saturated heterocycles. The molecular formula is C10H8FI3O3. The standard InChI is InChI=1S/C10H8FI3O3/c1-2-16-10(15)9(11)17-8-6(13)3-5(12)4-7(8)14/h3-4,9H,2H2,1H3. The van der Waals surface area contributed by atoms with Gasteiger partial charge in [0.25, 0.3) is 0 Å². The molecule has 0 amide bonds. The molecule has 7 heteroatoms. The average molecular weight is 576 g/mol. The van der Waals surface area contributed by atoms with Crippen LogP contribution in [0.25, 0.3) is 0 Å². The molecule has 0 bridgehead atoms. The topological polar surface area (TPSA) is 35.5 Å². The number of alkyl halides is 1. The highest BCUT2D eigenvalue weighted by Gasteiger charge is 2.22. The van der Waals surface area contributed by atoms with Gasteiger partial charge in [0.05, 0.1) is 13.7 Å². The summed E-state index contributed by atoms with van der Waals surface area (Å²) in [6, 6.07) is 3.69. The van der Waals surface area contributed by atoms with Gasteiger partial charge in [-0.1, -0.05) is 0 Å². The van der Waals surface area contributed by atoms with Crippen molar-refractivity contribution in [1.29, 1.82) is 0 Å². The van der Waals surface area contributed by atoms with Gasteiger partial charge in [-0.15, -0.1) is 0 Å². The van der Waals surface area contributed by atoms with Crippen molar-refractivity contribution in [3.63, 3.8) is 0 Å². The number of hydrogen-bond donors (Lipinski definition) is 0. The minimum Gasteiger partial charge on any atom is -0.461 e. The van der Waals surface area contributed by atoms with Crippen molar-refractivity contribution in [2.75, 3.05) is 6.61 Å². The molecule has 0 spiro atoms. The van der Waals surface area contributed by atoms with Crippen molar-refractivity contribution >= 4 is 73.7 Å². The third-order valence-corrected chi connectivity index (χ3v) is 3.88. The van der Waals surface area contributed by atoms with Gasteiger partial charge >= 0.3 is 12.3 Å². The maximum Gasteiger partial charge on any atom is 0.381 e. The van der Waals surface area contributed by atoms with Crippen LogP contribution in [0.5, 0.6) is 5.75 Å². The van der Waals surface area contributed by atoms with E-state index in [2.05, 4.69) is 27.3 Å². The van der Waals surface area contributed by atoms with E-state index in [1.165, 1.54) is 0 Å². The van der Waals surface area contributed by atoms with Gasteiger partial charge in [0, 0.05) is 3.57 Å². The normalized spacial score (nSPS) is 12.1. The molecular weight excluding hydrogens is 568 g/mol. The lowest BCUT2D eigenvalue weighted by atomic mass is 10.3. The maximum atomic E-state index is 13.4. The van der Waals surface area contributed by atoms with Gasteiger partial charge in [-0.2, -0.15) is 4.39 Å². The van der Waals surface area contributed by atoms with E-state index < -0.39 is 12.3 Å². The molecule has 0 fully saturated rings. The Morgan fingerprint density at radius 3 is 2.35 bits per heavy atom. The molecule has 1 aromatic rings. The minimum absolute atomic E-state index is 0.128. The predicted octanol–water partition coefficient (Wildman–Crippen LogP) is 3.74. The van der Waals surface area contributed by atoms with Crippen LogP contribution in [0.2, 0.25) is 0 Å². The second kappa shape index (κ2) is 7.26. The lowest BCUT2D eigenvalue weighted by Crippen LogP contribution is -2.25. The molecule has 0 radical (unpaired) electrons. The lowest BCUT2D eigenvalue weighted by molar-refractivity contribution is -0.159. The Bertz CT molecular complexity index is 402. The van der Waals surface area contributed by atoms with E-state index in [9.17, 15) is 9.18 Å². The Morgan fingerprint density at radius 1 is 1.35 bits per heavy atom. The van der Waals surface area contributed by atoms with E-state index >= 15 is 0 Å². The molecule has 94 valence electrons. The Balaban J connectivity index is 2.85. The number of carbonyl (C=O) groups is 1. The Morgan fingerprint density at radius 2 is 1.88 bits per heavy atom. The number of esters is 1. The fraction of sp³-hybridized carbons (Fsp3) is 0.300. The zero-order chi connectivity index (χ0) is 13.0. The Labute approximate surface area is 139 Å². The monoisotopic (exact) mass is 576 g/mol. The molecule has 0 aliphatic carbocycles. The predicted molar refractivity (Wildman–Crippen MR) is 86.8 cm³/mol. The van der Waals surface area contributed by atoms with Crippen molar-refractivity contribution in [1.82, 2.24) is 0 Å². The van der Waals surface area contributed by atoms with Crippen LogP contribution < -0.4 is 4.74 Å². The van der Waals surface area contributed by atoms with Gasteiger partial charge in [-0.25, -0.2) is 4.79 Å². The van der Waals surface area contributed by atoms with Crippen LogP contribution in [0, 0.1) is 10.7 Å². The van der Waals surface area contributed by atoms with Crippen molar-refractivity contribution in [2.45, 2.75) is 13.3 Å². The number of halogens is 4. The van der Waals surface area contributed by atoms with Crippen LogP contribution in [-0.4, -0.2) is 18.9 Å². The summed E-state index contributed by atoms with van der Waals surface area (Å²) in [4.78, 5) is 11.1. The Kier molecular flexibility index (Phi) is 6.69. The van der Waals surface area contributed by atoms with E-state index in [4.69, 9.17) is 4.74 Å². The molecule has 0 N–H and O–H groups in total. The summed E-state index contributed by atoms with van der Waals surface area (Å²) in [5.41, 5.74) is 0. The van der Waals surface area contributed by atoms with Crippen LogP contribution in [0.3, 0.4) is 0 Å². The van der Waals surface area contributed by atoms with Crippen molar-refractivity contribution in [3.05, 3.63) is 22.8 Å². The van der Waals surface area contributed by atoms with Gasteiger partial charge < -0.3 is 9.47 Å². The van der Waals surface area contributed by atoms with E-state index in [1.54, 1.807) is 6.92 Å². The first-order chi connectivity index (χ1) is 7.95. The molecule has 0 saturated carbocycles. The van der Waals surface area contributed by atoms with Gasteiger partial charge in [-0.3, -0.25) is 0 Å². The third-order valence-electron chi connectivity index (χ3n) is 1.66. The second-order valence-corrected chi connectivity index (χ2v) is 6.45. The van der Waals surface area contributed by atoms with Crippen LogP contribution in [0.15, 0.2) is 12.1 Å². The summed E-state index contributed by atoms with van der Waals surface area (Å²) in [6.07, 6.45) is -2.09. The molecule has 3 nitrogen and oxygen atoms in total. The Hall–Kier alpha value is 0.610. The number of carbonyl (C=O) groups excluding carboxylic acids is 1. The molecule has 0 aliphatic heterocycles. The van der Waals surface area contributed by atoms with Gasteiger partial charge in [0.1, 0.15) is 0 Å². The number of rotatable bonds is 4. The van der Waals surface area contributed by atoms with Crippen LogP contribution in [0.4, 0.5) is 4.39 Å². The average Bonchev–Trinajstić information content (AvgIpc) is 2.23. The van der Waals surface area contributed by atoms with E-state index in [0.29, 0.717) is 5.75 Å². The SMILES string of the molecule is CCOC(=O)C(F)Oc1c(I)cc(I)cc1I. The summed E-state index contributed by atoms with van der Waals surface area (Å²) in [5.74, 6) is -0.634. The van der Waals surface area contributed by atoms with Gasteiger partial charge in [0.15, 0.2) is 5.75 Å². The smallest absolute Gasteiger partial charge is 0.381 e. The summed E-state index contributed by atoms with van der Waals surface area (Å²) in [6.45, 7) is 1.74. The van der Waals surface area contributed by atoms with Gasteiger partial charge in [-0.05, 0) is 86.8 Å². The summed E-state index contributed by atoms with van der Waals surface area (Å²) in [7, 11) is 0. The molecule has 0 aromatic heterocycles.